The first-order valence-corrected chi connectivity index (χ1v) is 12.4. The zero-order valence-corrected chi connectivity index (χ0v) is 23.1. The predicted octanol–water partition coefficient (Wildman–Crippen LogP) is 5.25. The van der Waals surface area contributed by atoms with Gasteiger partial charge in [0.2, 0.25) is 0 Å². The van der Waals surface area contributed by atoms with Gasteiger partial charge in [0, 0.05) is 34.9 Å². The number of nitrogens with zero attached hydrogens (tertiary/aromatic N) is 1. The van der Waals surface area contributed by atoms with Gasteiger partial charge in [-0.1, -0.05) is 31.5 Å². The van der Waals surface area contributed by atoms with Crippen LogP contribution in [0.15, 0.2) is 60.7 Å². The average Bonchev–Trinajstić information content (AvgIpc) is 2.93. The van der Waals surface area contributed by atoms with Gasteiger partial charge in [-0.25, -0.2) is 0 Å². The number of anilines is 1. The Morgan fingerprint density at radius 1 is 0.921 bits per heavy atom. The second-order valence-electron chi connectivity index (χ2n) is 9.59. The van der Waals surface area contributed by atoms with Gasteiger partial charge < -0.3 is 30.2 Å². The molecule has 0 spiro atoms. The topological polar surface area (TPSA) is 103 Å². The molecule has 0 bridgehead atoms. The van der Waals surface area contributed by atoms with Gasteiger partial charge in [-0.2, -0.15) is 0 Å². The van der Waals surface area contributed by atoms with Crippen LogP contribution in [0, 0.1) is 5.41 Å². The summed E-state index contributed by atoms with van der Waals surface area (Å²) in [6.07, 6.45) is 0. The van der Waals surface area contributed by atoms with E-state index < -0.39 is 0 Å². The number of carbonyl (C=O) groups excluding carboxylic acids is 2. The summed E-state index contributed by atoms with van der Waals surface area (Å²) in [5.74, 6) is 1.06. The number of nitrogens with two attached hydrogens (primary N) is 1. The zero-order valence-electron chi connectivity index (χ0n) is 22.3. The first-order chi connectivity index (χ1) is 18.1. The summed E-state index contributed by atoms with van der Waals surface area (Å²) in [5, 5.41) is 3.36. The third-order valence-corrected chi connectivity index (χ3v) is 6.45. The Labute approximate surface area is 228 Å². The Morgan fingerprint density at radius 3 is 2.32 bits per heavy atom. The van der Waals surface area contributed by atoms with Crippen molar-refractivity contribution in [3.63, 3.8) is 0 Å². The molecule has 2 amide bonds. The highest BCUT2D eigenvalue weighted by Gasteiger charge is 2.26. The third-order valence-electron chi connectivity index (χ3n) is 6.09. The lowest BCUT2D eigenvalue weighted by molar-refractivity contribution is 0.0673. The van der Waals surface area contributed by atoms with Crippen LogP contribution < -0.4 is 25.3 Å². The monoisotopic (exact) mass is 539 g/mol. The maximum Gasteiger partial charge on any atom is 0.255 e. The Hall–Kier alpha value is -3.75. The van der Waals surface area contributed by atoms with Crippen LogP contribution in [0.5, 0.6) is 17.2 Å². The van der Waals surface area contributed by atoms with Crippen LogP contribution in [0.2, 0.25) is 5.02 Å². The number of halogens is 1. The predicted molar refractivity (Wildman–Crippen MR) is 150 cm³/mol. The minimum Gasteiger partial charge on any atom is -0.497 e. The van der Waals surface area contributed by atoms with Crippen LogP contribution in [0.3, 0.4) is 0 Å². The molecule has 0 unspecified atom stereocenters. The molecule has 3 N–H and O–H groups in total. The molecule has 0 saturated carbocycles. The van der Waals surface area contributed by atoms with Crippen molar-refractivity contribution in [2.45, 2.75) is 20.4 Å². The molecule has 0 fully saturated rings. The van der Waals surface area contributed by atoms with Crippen LogP contribution in [0.25, 0.3) is 0 Å². The van der Waals surface area contributed by atoms with E-state index >= 15 is 0 Å². The molecule has 0 aliphatic heterocycles. The standard InChI is InChI=1S/C29H34ClN3O5/c1-29(2,17-31)18-33(28(35)20-9-12-25(37-4)26(15-20)38-5)16-21-13-22(10-11-24(21)30)32-27(34)19-7-6-8-23(14-19)36-3/h6-15H,16-18,31H2,1-5H3,(H,32,34). The molecule has 0 atom stereocenters. The summed E-state index contributed by atoms with van der Waals surface area (Å²) in [6, 6.07) is 17.1. The molecule has 0 aliphatic rings. The zero-order chi connectivity index (χ0) is 27.9. The van der Waals surface area contributed by atoms with Crippen LogP contribution in [0.1, 0.15) is 40.1 Å². The molecule has 0 aliphatic carbocycles. The van der Waals surface area contributed by atoms with Crippen molar-refractivity contribution in [3.8, 4) is 17.2 Å². The van der Waals surface area contributed by atoms with Gasteiger partial charge in [0.25, 0.3) is 11.8 Å². The first-order valence-electron chi connectivity index (χ1n) is 12.1. The second-order valence-corrected chi connectivity index (χ2v) is 10.00. The summed E-state index contributed by atoms with van der Waals surface area (Å²) >= 11 is 6.55. The molecular formula is C29H34ClN3O5. The number of methoxy groups -OCH3 is 3. The van der Waals surface area contributed by atoms with Crippen LogP contribution in [-0.2, 0) is 6.54 Å². The number of benzene rings is 3. The molecule has 202 valence electrons. The van der Waals surface area contributed by atoms with Gasteiger partial charge in [0.05, 0.1) is 21.3 Å². The van der Waals surface area contributed by atoms with Gasteiger partial charge in [-0.05, 0) is 72.1 Å². The molecule has 0 saturated heterocycles. The number of rotatable bonds is 11. The summed E-state index contributed by atoms with van der Waals surface area (Å²) < 4.78 is 15.9. The fourth-order valence-corrected chi connectivity index (χ4v) is 4.06. The molecule has 3 aromatic carbocycles. The van der Waals surface area contributed by atoms with Gasteiger partial charge in [-0.3, -0.25) is 9.59 Å². The number of hydrogen-bond donors (Lipinski definition) is 2. The summed E-state index contributed by atoms with van der Waals surface area (Å²) in [5.41, 5.74) is 7.77. The lowest BCUT2D eigenvalue weighted by Gasteiger charge is -2.32. The maximum atomic E-state index is 13.7. The molecule has 0 radical (unpaired) electrons. The lowest BCUT2D eigenvalue weighted by atomic mass is 9.92. The number of carbonyl (C=O) groups is 2. The van der Waals surface area contributed by atoms with Gasteiger partial charge in [0.1, 0.15) is 5.75 Å². The summed E-state index contributed by atoms with van der Waals surface area (Å²) in [6.45, 7) is 4.96. The van der Waals surface area contributed by atoms with E-state index in [9.17, 15) is 9.59 Å². The van der Waals surface area contributed by atoms with Gasteiger partial charge in [-0.15, -0.1) is 0 Å². The minimum absolute atomic E-state index is 0.207. The Kier molecular flexibility index (Phi) is 9.61. The van der Waals surface area contributed by atoms with E-state index in [1.807, 2.05) is 13.8 Å². The smallest absolute Gasteiger partial charge is 0.255 e. The quantitative estimate of drug-likeness (QED) is 0.345. The minimum atomic E-state index is -0.350. The summed E-state index contributed by atoms with van der Waals surface area (Å²) in [4.78, 5) is 28.2. The molecule has 9 heteroatoms. The van der Waals surface area contributed by atoms with Crippen molar-refractivity contribution in [1.29, 1.82) is 0 Å². The van der Waals surface area contributed by atoms with E-state index in [2.05, 4.69) is 5.32 Å². The van der Waals surface area contributed by atoms with Crippen LogP contribution >= 0.6 is 11.6 Å². The number of hydrogen-bond acceptors (Lipinski definition) is 6. The van der Waals surface area contributed by atoms with Crippen molar-refractivity contribution in [2.75, 3.05) is 39.7 Å². The molecular weight excluding hydrogens is 506 g/mol. The van der Waals surface area contributed by atoms with E-state index in [0.717, 1.165) is 0 Å². The van der Waals surface area contributed by atoms with Crippen molar-refractivity contribution in [2.24, 2.45) is 11.1 Å². The van der Waals surface area contributed by atoms with E-state index in [-0.39, 0.29) is 23.8 Å². The number of nitrogens with one attached hydrogen (secondary N) is 1. The first kappa shape index (κ1) is 28.8. The SMILES string of the molecule is COc1cccc(C(=O)Nc2ccc(Cl)c(CN(CC(C)(C)CN)C(=O)c3ccc(OC)c(OC)c3)c2)c1. The molecule has 0 heterocycles. The van der Waals surface area contributed by atoms with Crippen molar-refractivity contribution < 1.29 is 23.8 Å². The largest absolute Gasteiger partial charge is 0.497 e. The van der Waals surface area contributed by atoms with Crippen LogP contribution in [0.4, 0.5) is 5.69 Å². The van der Waals surface area contributed by atoms with Crippen molar-refractivity contribution in [3.05, 3.63) is 82.4 Å². The third kappa shape index (κ3) is 7.18. The molecule has 3 aromatic rings. The Morgan fingerprint density at radius 2 is 1.66 bits per heavy atom. The normalized spacial score (nSPS) is 11.0. The van der Waals surface area contributed by atoms with E-state index in [1.165, 1.54) is 14.2 Å². The highest BCUT2D eigenvalue weighted by atomic mass is 35.5. The molecule has 3 rings (SSSR count). The molecule has 8 nitrogen and oxygen atoms in total. The Balaban J connectivity index is 1.90. The van der Waals surface area contributed by atoms with E-state index in [4.69, 9.17) is 31.5 Å². The van der Waals surface area contributed by atoms with E-state index in [0.29, 0.717) is 57.7 Å². The average molecular weight is 540 g/mol. The highest BCUT2D eigenvalue weighted by molar-refractivity contribution is 6.31. The second kappa shape index (κ2) is 12.7. The fraction of sp³-hybridized carbons (Fsp3) is 0.310. The van der Waals surface area contributed by atoms with E-state index in [1.54, 1.807) is 72.7 Å². The molecule has 0 aromatic heterocycles. The fourth-order valence-electron chi connectivity index (χ4n) is 3.88. The van der Waals surface area contributed by atoms with Crippen molar-refractivity contribution >= 4 is 29.1 Å². The Bertz CT molecular complexity index is 1290. The molecule has 38 heavy (non-hydrogen) atoms. The highest BCUT2D eigenvalue weighted by Crippen LogP contribution is 2.30. The van der Waals surface area contributed by atoms with Crippen molar-refractivity contribution in [1.82, 2.24) is 4.90 Å². The summed E-state index contributed by atoms with van der Waals surface area (Å²) in [7, 11) is 4.60. The maximum absolute atomic E-state index is 13.7. The lowest BCUT2D eigenvalue weighted by Crippen LogP contribution is -2.41. The van der Waals surface area contributed by atoms with Gasteiger partial charge >= 0.3 is 0 Å². The number of ether oxygens (including phenoxy) is 3. The van der Waals surface area contributed by atoms with Gasteiger partial charge in [0.15, 0.2) is 11.5 Å². The number of amides is 2. The van der Waals surface area contributed by atoms with Crippen LogP contribution in [-0.4, -0.2) is 51.1 Å².